The number of likely N-dealkylation sites (tertiary alicyclic amines) is 1. The number of hydrogen-bond acceptors (Lipinski definition) is 2. The van der Waals surface area contributed by atoms with Gasteiger partial charge >= 0.3 is 0 Å². The number of piperidine rings is 1. The summed E-state index contributed by atoms with van der Waals surface area (Å²) in [5.74, 6) is 0.249. The Morgan fingerprint density at radius 1 is 1.17 bits per heavy atom. The predicted molar refractivity (Wildman–Crippen MR) is 78.6 cm³/mol. The molecule has 1 aliphatic rings. The molecular weight excluding hydrogens is 246 g/mol. The van der Waals surface area contributed by atoms with Crippen LogP contribution in [0, 0.1) is 0 Å². The number of nitrogens with one attached hydrogen (secondary N) is 2. The van der Waals surface area contributed by atoms with Crippen LogP contribution in [0.25, 0.3) is 0 Å². The van der Waals surface area contributed by atoms with Gasteiger partial charge in [0.05, 0.1) is 0 Å². The highest BCUT2D eigenvalue weighted by atomic mass is 32.1. The molecule has 0 radical (unpaired) electrons. The molecule has 1 aliphatic heterocycles. The summed E-state index contributed by atoms with van der Waals surface area (Å²) in [7, 11) is 0. The molecule has 104 valence electrons. The molecule has 0 saturated carbocycles. The summed E-state index contributed by atoms with van der Waals surface area (Å²) >= 11 is 5.13. The predicted octanol–water partition coefficient (Wildman–Crippen LogP) is 1.65. The number of rotatable bonds is 6. The number of hydrogen-bond donors (Lipinski definition) is 2. The van der Waals surface area contributed by atoms with Gasteiger partial charge in [0, 0.05) is 32.6 Å². The van der Waals surface area contributed by atoms with E-state index in [-0.39, 0.29) is 5.91 Å². The summed E-state index contributed by atoms with van der Waals surface area (Å²) in [5.41, 5.74) is 0. The lowest BCUT2D eigenvalue weighted by atomic mass is 10.1. The van der Waals surface area contributed by atoms with Crippen molar-refractivity contribution in [1.29, 1.82) is 0 Å². The van der Waals surface area contributed by atoms with Crippen molar-refractivity contribution in [2.75, 3.05) is 26.2 Å². The minimum Gasteiger partial charge on any atom is -0.363 e. The number of unbranched alkanes of at least 4 members (excludes halogenated alkanes) is 1. The molecule has 0 aromatic heterocycles. The van der Waals surface area contributed by atoms with Crippen molar-refractivity contribution in [3.63, 3.8) is 0 Å². The Morgan fingerprint density at radius 2 is 1.83 bits per heavy atom. The monoisotopic (exact) mass is 271 g/mol. The van der Waals surface area contributed by atoms with Crippen LogP contribution >= 0.6 is 12.2 Å². The third kappa shape index (κ3) is 6.19. The standard InChI is InChI=1S/C13H25N3OS/c1-2-3-8-14-13(18)15-9-7-12(17)16-10-5-4-6-11-16/h2-11H2,1H3,(H2,14,15,18). The smallest absolute Gasteiger partial charge is 0.224 e. The highest BCUT2D eigenvalue weighted by Crippen LogP contribution is 2.09. The molecule has 2 N–H and O–H groups in total. The first-order chi connectivity index (χ1) is 8.74. The van der Waals surface area contributed by atoms with Crippen molar-refractivity contribution < 1.29 is 4.79 Å². The number of carbonyl (C=O) groups is 1. The fourth-order valence-corrected chi connectivity index (χ4v) is 2.23. The highest BCUT2D eigenvalue weighted by Gasteiger charge is 2.15. The molecule has 0 aliphatic carbocycles. The van der Waals surface area contributed by atoms with Crippen LogP contribution in [0.4, 0.5) is 0 Å². The normalized spacial score (nSPS) is 15.3. The quantitative estimate of drug-likeness (QED) is 0.569. The van der Waals surface area contributed by atoms with E-state index in [0.29, 0.717) is 18.1 Å². The van der Waals surface area contributed by atoms with Gasteiger partial charge in [-0.05, 0) is 37.9 Å². The average Bonchev–Trinajstić information content (AvgIpc) is 2.40. The van der Waals surface area contributed by atoms with Gasteiger partial charge in [0.1, 0.15) is 0 Å². The first-order valence-electron chi connectivity index (χ1n) is 7.03. The zero-order valence-corrected chi connectivity index (χ0v) is 12.2. The van der Waals surface area contributed by atoms with E-state index in [9.17, 15) is 4.79 Å². The Kier molecular flexibility index (Phi) is 7.73. The van der Waals surface area contributed by atoms with Gasteiger partial charge in [0.25, 0.3) is 0 Å². The van der Waals surface area contributed by atoms with Gasteiger partial charge < -0.3 is 15.5 Å². The Hall–Kier alpha value is -0.840. The molecule has 18 heavy (non-hydrogen) atoms. The van der Waals surface area contributed by atoms with E-state index in [1.807, 2.05) is 4.90 Å². The topological polar surface area (TPSA) is 44.4 Å². The third-order valence-electron chi connectivity index (χ3n) is 3.15. The molecule has 0 aromatic rings. The molecular formula is C13H25N3OS. The molecule has 0 aromatic carbocycles. The van der Waals surface area contributed by atoms with Crippen molar-refractivity contribution in [1.82, 2.24) is 15.5 Å². The van der Waals surface area contributed by atoms with E-state index in [2.05, 4.69) is 17.6 Å². The van der Waals surface area contributed by atoms with Crippen molar-refractivity contribution in [2.24, 2.45) is 0 Å². The van der Waals surface area contributed by atoms with Crippen molar-refractivity contribution >= 4 is 23.2 Å². The molecule has 0 unspecified atom stereocenters. The van der Waals surface area contributed by atoms with Crippen LogP contribution in [-0.2, 0) is 4.79 Å². The molecule has 0 bridgehead atoms. The Morgan fingerprint density at radius 3 is 2.50 bits per heavy atom. The number of amides is 1. The van der Waals surface area contributed by atoms with Crippen molar-refractivity contribution in [3.05, 3.63) is 0 Å². The summed E-state index contributed by atoms with van der Waals surface area (Å²) < 4.78 is 0. The minimum atomic E-state index is 0.249. The second kappa shape index (κ2) is 9.14. The largest absolute Gasteiger partial charge is 0.363 e. The zero-order valence-electron chi connectivity index (χ0n) is 11.3. The second-order valence-electron chi connectivity index (χ2n) is 4.73. The van der Waals surface area contributed by atoms with Gasteiger partial charge in [-0.2, -0.15) is 0 Å². The van der Waals surface area contributed by atoms with Crippen molar-refractivity contribution in [2.45, 2.75) is 45.4 Å². The van der Waals surface area contributed by atoms with Crippen LogP contribution in [0.5, 0.6) is 0 Å². The lowest BCUT2D eigenvalue weighted by Gasteiger charge is -2.26. The van der Waals surface area contributed by atoms with Crippen LogP contribution in [0.3, 0.4) is 0 Å². The second-order valence-corrected chi connectivity index (χ2v) is 5.14. The maximum absolute atomic E-state index is 11.9. The van der Waals surface area contributed by atoms with E-state index in [1.54, 1.807) is 0 Å². The maximum atomic E-state index is 11.9. The number of thiocarbonyl (C=S) groups is 1. The van der Waals surface area contributed by atoms with E-state index in [1.165, 1.54) is 6.42 Å². The summed E-state index contributed by atoms with van der Waals surface area (Å²) in [6.07, 6.45) is 6.37. The van der Waals surface area contributed by atoms with Crippen LogP contribution in [-0.4, -0.2) is 42.1 Å². The lowest BCUT2D eigenvalue weighted by molar-refractivity contribution is -0.131. The Bertz CT molecular complexity index is 265. The average molecular weight is 271 g/mol. The molecule has 0 atom stereocenters. The van der Waals surface area contributed by atoms with E-state index < -0.39 is 0 Å². The summed E-state index contributed by atoms with van der Waals surface area (Å²) in [5, 5.41) is 6.88. The molecule has 5 heteroatoms. The minimum absolute atomic E-state index is 0.249. The molecule has 1 rings (SSSR count). The SMILES string of the molecule is CCCCNC(=S)NCCC(=O)N1CCCCC1. The molecule has 1 fully saturated rings. The summed E-state index contributed by atoms with van der Waals surface area (Å²) in [6.45, 7) is 5.54. The van der Waals surface area contributed by atoms with Crippen LogP contribution < -0.4 is 10.6 Å². The first kappa shape index (κ1) is 15.2. The van der Waals surface area contributed by atoms with Gasteiger partial charge in [-0.15, -0.1) is 0 Å². The molecule has 1 amide bonds. The lowest BCUT2D eigenvalue weighted by Crippen LogP contribution is -2.40. The van der Waals surface area contributed by atoms with Gasteiger partial charge in [-0.25, -0.2) is 0 Å². The fourth-order valence-electron chi connectivity index (χ4n) is 2.03. The van der Waals surface area contributed by atoms with Gasteiger partial charge in [0.2, 0.25) is 5.91 Å². The van der Waals surface area contributed by atoms with Crippen LogP contribution in [0.2, 0.25) is 0 Å². The zero-order chi connectivity index (χ0) is 13.2. The van der Waals surface area contributed by atoms with E-state index in [4.69, 9.17) is 12.2 Å². The van der Waals surface area contributed by atoms with Crippen LogP contribution in [0.1, 0.15) is 45.4 Å². The summed E-state index contributed by atoms with van der Waals surface area (Å²) in [4.78, 5) is 13.8. The molecule has 4 nitrogen and oxygen atoms in total. The molecule has 0 spiro atoms. The van der Waals surface area contributed by atoms with Gasteiger partial charge in [-0.1, -0.05) is 13.3 Å². The fraction of sp³-hybridized carbons (Fsp3) is 0.846. The van der Waals surface area contributed by atoms with Crippen molar-refractivity contribution in [3.8, 4) is 0 Å². The number of carbonyl (C=O) groups excluding carboxylic acids is 1. The Labute approximate surface area is 115 Å². The maximum Gasteiger partial charge on any atom is 0.224 e. The Balaban J connectivity index is 2.05. The van der Waals surface area contributed by atoms with Crippen LogP contribution in [0.15, 0.2) is 0 Å². The highest BCUT2D eigenvalue weighted by molar-refractivity contribution is 7.80. The third-order valence-corrected chi connectivity index (χ3v) is 3.44. The first-order valence-corrected chi connectivity index (χ1v) is 7.44. The van der Waals surface area contributed by atoms with Gasteiger partial charge in [0.15, 0.2) is 5.11 Å². The van der Waals surface area contributed by atoms with E-state index >= 15 is 0 Å². The van der Waals surface area contributed by atoms with Gasteiger partial charge in [-0.3, -0.25) is 4.79 Å². The molecule has 1 saturated heterocycles. The summed E-state index contributed by atoms with van der Waals surface area (Å²) in [6, 6.07) is 0. The number of nitrogens with zero attached hydrogens (tertiary/aromatic N) is 1. The van der Waals surface area contributed by atoms with E-state index in [0.717, 1.165) is 45.3 Å². The molecule has 1 heterocycles.